The van der Waals surface area contributed by atoms with E-state index in [4.69, 9.17) is 31.5 Å². The van der Waals surface area contributed by atoms with Crippen LogP contribution in [-0.4, -0.2) is 12.6 Å². The van der Waals surface area contributed by atoms with Gasteiger partial charge in [-0.2, -0.15) is 5.26 Å². The summed E-state index contributed by atoms with van der Waals surface area (Å²) in [5.41, 5.74) is 8.10. The van der Waals surface area contributed by atoms with Gasteiger partial charge in [0.25, 0.3) is 0 Å². The molecule has 3 aromatic carbocycles. The fourth-order valence-corrected chi connectivity index (χ4v) is 3.66. The lowest BCUT2D eigenvalue weighted by Crippen LogP contribution is -2.21. The summed E-state index contributed by atoms with van der Waals surface area (Å²) in [6.07, 6.45) is 0. The van der Waals surface area contributed by atoms with Gasteiger partial charge in [0.15, 0.2) is 6.61 Å². The molecule has 33 heavy (non-hydrogen) atoms. The van der Waals surface area contributed by atoms with Crippen LogP contribution in [0.25, 0.3) is 0 Å². The molecule has 0 fully saturated rings. The molecule has 0 bridgehead atoms. The Balaban J connectivity index is 1.53. The number of nitriles is 1. The molecule has 1 aliphatic heterocycles. The average Bonchev–Trinajstić information content (AvgIpc) is 2.79. The van der Waals surface area contributed by atoms with Crippen LogP contribution < -0.4 is 19.9 Å². The normalized spacial score (nSPS) is 14.7. The molecule has 0 saturated heterocycles. The molecule has 166 valence electrons. The van der Waals surface area contributed by atoms with Crippen molar-refractivity contribution in [2.24, 2.45) is 5.73 Å². The number of rotatable bonds is 5. The van der Waals surface area contributed by atoms with E-state index < -0.39 is 17.7 Å². The van der Waals surface area contributed by atoms with Crippen LogP contribution in [-0.2, 0) is 4.79 Å². The van der Waals surface area contributed by atoms with Gasteiger partial charge in [-0.1, -0.05) is 29.8 Å². The summed E-state index contributed by atoms with van der Waals surface area (Å²) < 4.78 is 30.2. The number of benzene rings is 3. The molecular weight excluding hydrogens is 447 g/mol. The first-order chi connectivity index (χ1) is 15.9. The third-order valence-corrected chi connectivity index (χ3v) is 5.51. The Hall–Kier alpha value is -4.02. The molecule has 3 aromatic rings. The molecule has 0 spiro atoms. The summed E-state index contributed by atoms with van der Waals surface area (Å²) in [7, 11) is 0. The second-order valence-electron chi connectivity index (χ2n) is 7.35. The molecule has 1 heterocycles. The quantitative estimate of drug-likeness (QED) is 0.422. The van der Waals surface area contributed by atoms with Gasteiger partial charge in [0.05, 0.1) is 5.92 Å². The molecule has 8 heteroatoms. The van der Waals surface area contributed by atoms with Gasteiger partial charge in [-0.3, -0.25) is 0 Å². The number of halogens is 2. The Morgan fingerprint density at radius 1 is 1.18 bits per heavy atom. The fraction of sp³-hybridized carbons (Fsp3) is 0.120. The largest absolute Gasteiger partial charge is 0.482 e. The van der Waals surface area contributed by atoms with Gasteiger partial charge in [-0.25, -0.2) is 9.18 Å². The zero-order valence-corrected chi connectivity index (χ0v) is 18.2. The van der Waals surface area contributed by atoms with E-state index in [9.17, 15) is 14.4 Å². The SMILES string of the molecule is Cc1cc(OCC(=O)Oc2ccc3c(c2)OC(N)=C(C#N)C3c2cccc(F)c2)ccc1Cl. The van der Waals surface area contributed by atoms with Crippen molar-refractivity contribution in [3.8, 4) is 23.3 Å². The second kappa shape index (κ2) is 9.23. The van der Waals surface area contributed by atoms with Crippen LogP contribution in [0.3, 0.4) is 0 Å². The highest BCUT2D eigenvalue weighted by Crippen LogP contribution is 2.43. The van der Waals surface area contributed by atoms with E-state index in [-0.39, 0.29) is 23.8 Å². The van der Waals surface area contributed by atoms with Crippen molar-refractivity contribution in [2.75, 3.05) is 6.61 Å². The van der Waals surface area contributed by atoms with Crippen molar-refractivity contribution in [1.82, 2.24) is 0 Å². The van der Waals surface area contributed by atoms with Gasteiger partial charge in [0, 0.05) is 16.7 Å². The summed E-state index contributed by atoms with van der Waals surface area (Å²) in [6.45, 7) is 1.52. The molecule has 4 rings (SSSR count). The number of hydrogen-bond donors (Lipinski definition) is 1. The number of aryl methyl sites for hydroxylation is 1. The second-order valence-corrected chi connectivity index (χ2v) is 7.76. The van der Waals surface area contributed by atoms with Crippen LogP contribution in [0.1, 0.15) is 22.6 Å². The van der Waals surface area contributed by atoms with Crippen molar-refractivity contribution in [1.29, 1.82) is 5.26 Å². The standard InChI is InChI=1S/C25H18ClFN2O4/c1-14-9-17(6-8-21(14)26)31-13-23(30)32-18-5-7-19-22(11-18)33-25(29)20(12-28)24(19)15-3-2-4-16(27)10-15/h2-11,24H,13,29H2,1H3. The van der Waals surface area contributed by atoms with E-state index in [0.717, 1.165) is 5.56 Å². The highest BCUT2D eigenvalue weighted by Gasteiger charge is 2.31. The predicted molar refractivity (Wildman–Crippen MR) is 119 cm³/mol. The Morgan fingerprint density at radius 2 is 1.97 bits per heavy atom. The lowest BCUT2D eigenvalue weighted by atomic mass is 9.83. The van der Waals surface area contributed by atoms with Crippen LogP contribution in [0.4, 0.5) is 4.39 Å². The number of esters is 1. The maximum absolute atomic E-state index is 13.8. The number of allylic oxidation sites excluding steroid dienone is 1. The number of nitrogens with two attached hydrogens (primary N) is 1. The maximum atomic E-state index is 13.8. The van der Waals surface area contributed by atoms with Gasteiger partial charge in [0.1, 0.15) is 34.7 Å². The summed E-state index contributed by atoms with van der Waals surface area (Å²) in [5.74, 6) is -0.761. The van der Waals surface area contributed by atoms with E-state index in [1.807, 2.05) is 13.0 Å². The fourth-order valence-electron chi connectivity index (χ4n) is 3.54. The van der Waals surface area contributed by atoms with Crippen molar-refractivity contribution >= 4 is 17.6 Å². The molecule has 1 atom stereocenters. The first kappa shape index (κ1) is 22.2. The van der Waals surface area contributed by atoms with Gasteiger partial charge in [0.2, 0.25) is 5.88 Å². The number of fused-ring (bicyclic) bond motifs is 1. The minimum atomic E-state index is -0.624. The molecule has 0 amide bonds. The van der Waals surface area contributed by atoms with Crippen molar-refractivity contribution in [3.05, 3.63) is 99.7 Å². The van der Waals surface area contributed by atoms with Crippen molar-refractivity contribution < 1.29 is 23.4 Å². The van der Waals surface area contributed by atoms with E-state index in [2.05, 4.69) is 0 Å². The minimum absolute atomic E-state index is 0.0934. The summed E-state index contributed by atoms with van der Waals surface area (Å²) >= 11 is 5.99. The number of hydrogen-bond acceptors (Lipinski definition) is 6. The van der Waals surface area contributed by atoms with Crippen LogP contribution in [0.5, 0.6) is 17.2 Å². The number of ether oxygens (including phenoxy) is 3. The molecule has 6 nitrogen and oxygen atoms in total. The van der Waals surface area contributed by atoms with Gasteiger partial charge >= 0.3 is 5.97 Å². The summed E-state index contributed by atoms with van der Waals surface area (Å²) in [6, 6.07) is 17.7. The lowest BCUT2D eigenvalue weighted by molar-refractivity contribution is -0.136. The highest BCUT2D eigenvalue weighted by atomic mass is 35.5. The Labute approximate surface area is 194 Å². The zero-order chi connectivity index (χ0) is 23.5. The molecule has 0 aromatic heterocycles. The molecule has 0 aliphatic carbocycles. The topological polar surface area (TPSA) is 94.6 Å². The van der Waals surface area contributed by atoms with E-state index >= 15 is 0 Å². The number of carbonyl (C=O) groups excluding carboxylic acids is 1. The number of nitrogens with zero attached hydrogens (tertiary/aromatic N) is 1. The smallest absolute Gasteiger partial charge is 0.349 e. The van der Waals surface area contributed by atoms with Crippen LogP contribution >= 0.6 is 11.6 Å². The Kier molecular flexibility index (Phi) is 6.20. The number of carbonyl (C=O) groups is 1. The third-order valence-electron chi connectivity index (χ3n) is 5.09. The molecule has 1 unspecified atom stereocenters. The van der Waals surface area contributed by atoms with E-state index in [0.29, 0.717) is 27.6 Å². The van der Waals surface area contributed by atoms with E-state index in [1.165, 1.54) is 18.2 Å². The van der Waals surface area contributed by atoms with Crippen LogP contribution in [0, 0.1) is 24.1 Å². The lowest BCUT2D eigenvalue weighted by Gasteiger charge is -2.26. The van der Waals surface area contributed by atoms with Crippen molar-refractivity contribution in [2.45, 2.75) is 12.8 Å². The van der Waals surface area contributed by atoms with Crippen molar-refractivity contribution in [3.63, 3.8) is 0 Å². The zero-order valence-electron chi connectivity index (χ0n) is 17.5. The first-order valence-corrected chi connectivity index (χ1v) is 10.3. The molecular formula is C25H18ClFN2O4. The first-order valence-electron chi connectivity index (χ1n) is 9.92. The predicted octanol–water partition coefficient (Wildman–Crippen LogP) is 4.99. The third kappa shape index (κ3) is 4.76. The molecule has 0 radical (unpaired) electrons. The highest BCUT2D eigenvalue weighted by molar-refractivity contribution is 6.31. The van der Waals surface area contributed by atoms with Gasteiger partial charge in [-0.05, 0) is 54.4 Å². The monoisotopic (exact) mass is 464 g/mol. The molecule has 2 N–H and O–H groups in total. The molecule has 1 aliphatic rings. The Bertz CT molecular complexity index is 1320. The molecule has 0 saturated carbocycles. The minimum Gasteiger partial charge on any atom is -0.482 e. The Morgan fingerprint density at radius 3 is 2.70 bits per heavy atom. The summed E-state index contributed by atoms with van der Waals surface area (Å²) in [5, 5.41) is 10.2. The van der Waals surface area contributed by atoms with Gasteiger partial charge in [-0.15, -0.1) is 0 Å². The van der Waals surface area contributed by atoms with Crippen LogP contribution in [0.15, 0.2) is 72.1 Å². The summed E-state index contributed by atoms with van der Waals surface area (Å²) in [4.78, 5) is 12.3. The van der Waals surface area contributed by atoms with Gasteiger partial charge < -0.3 is 19.9 Å². The average molecular weight is 465 g/mol. The van der Waals surface area contributed by atoms with Crippen LogP contribution in [0.2, 0.25) is 5.02 Å². The maximum Gasteiger partial charge on any atom is 0.349 e. The van der Waals surface area contributed by atoms with E-state index in [1.54, 1.807) is 42.5 Å².